The predicted octanol–water partition coefficient (Wildman–Crippen LogP) is 1.96. The fraction of sp³-hybridized carbons (Fsp3) is 0.545. The molecule has 0 saturated heterocycles. The van der Waals surface area contributed by atoms with Gasteiger partial charge in [-0.25, -0.2) is 0 Å². The van der Waals surface area contributed by atoms with Crippen molar-refractivity contribution >= 4 is 5.97 Å². The number of nitrogens with zero attached hydrogens (tertiary/aromatic N) is 1. The van der Waals surface area contributed by atoms with Crippen LogP contribution in [0.15, 0.2) is 23.0 Å². The number of carbonyl (C=O) groups is 1. The van der Waals surface area contributed by atoms with E-state index in [4.69, 9.17) is 9.52 Å². The average molecular weight is 211 g/mol. The number of carboxylic acid groups (broad SMARTS) is 1. The minimum absolute atomic E-state index is 0.412. The molecule has 0 fully saturated rings. The van der Waals surface area contributed by atoms with E-state index < -0.39 is 12.0 Å². The quantitative estimate of drug-likeness (QED) is 0.781. The number of aliphatic carboxylic acids is 1. The van der Waals surface area contributed by atoms with Gasteiger partial charge < -0.3 is 9.52 Å². The van der Waals surface area contributed by atoms with Crippen LogP contribution in [-0.2, 0) is 11.3 Å². The van der Waals surface area contributed by atoms with Crippen LogP contribution in [-0.4, -0.2) is 29.1 Å². The van der Waals surface area contributed by atoms with Gasteiger partial charge >= 0.3 is 5.97 Å². The maximum atomic E-state index is 11.0. The Morgan fingerprint density at radius 1 is 1.67 bits per heavy atom. The van der Waals surface area contributed by atoms with Crippen LogP contribution in [0, 0.1) is 0 Å². The lowest BCUT2D eigenvalue weighted by Gasteiger charge is -2.23. The third kappa shape index (κ3) is 3.40. The predicted molar refractivity (Wildman–Crippen MR) is 56.5 cm³/mol. The first-order chi connectivity index (χ1) is 7.15. The topological polar surface area (TPSA) is 53.7 Å². The highest BCUT2D eigenvalue weighted by molar-refractivity contribution is 5.73. The Labute approximate surface area is 89.5 Å². The van der Waals surface area contributed by atoms with Crippen LogP contribution >= 0.6 is 0 Å². The van der Waals surface area contributed by atoms with Gasteiger partial charge in [0, 0.05) is 12.1 Å². The highest BCUT2D eigenvalue weighted by Gasteiger charge is 2.21. The first-order valence-corrected chi connectivity index (χ1v) is 5.09. The molecule has 1 rings (SSSR count). The molecule has 0 spiro atoms. The molecule has 15 heavy (non-hydrogen) atoms. The van der Waals surface area contributed by atoms with Crippen molar-refractivity contribution in [2.75, 3.05) is 7.05 Å². The van der Waals surface area contributed by atoms with Crippen LogP contribution in [0.3, 0.4) is 0 Å². The molecule has 1 heterocycles. The van der Waals surface area contributed by atoms with Crippen LogP contribution < -0.4 is 0 Å². The number of carboxylic acids is 1. The number of hydrogen-bond acceptors (Lipinski definition) is 3. The van der Waals surface area contributed by atoms with Gasteiger partial charge in [0.15, 0.2) is 0 Å². The Hall–Kier alpha value is -1.29. The molecule has 0 radical (unpaired) electrons. The summed E-state index contributed by atoms with van der Waals surface area (Å²) in [6.45, 7) is 2.59. The molecule has 4 heteroatoms. The standard InChI is InChI=1S/C11H17NO3/c1-3-4-10(11(13)14)12(2)7-9-5-6-15-8-9/h5-6,8,10H,3-4,7H2,1-2H3,(H,13,14). The molecule has 1 N–H and O–H groups in total. The summed E-state index contributed by atoms with van der Waals surface area (Å²) in [5.41, 5.74) is 1.000. The van der Waals surface area contributed by atoms with Gasteiger partial charge in [0.1, 0.15) is 6.04 Å². The Bertz CT molecular complexity index is 295. The first-order valence-electron chi connectivity index (χ1n) is 5.09. The molecule has 0 amide bonds. The number of furan rings is 1. The molecule has 4 nitrogen and oxygen atoms in total. The Balaban J connectivity index is 2.56. The Morgan fingerprint density at radius 2 is 2.40 bits per heavy atom. The maximum Gasteiger partial charge on any atom is 0.320 e. The third-order valence-corrected chi connectivity index (χ3v) is 2.39. The van der Waals surface area contributed by atoms with E-state index in [-0.39, 0.29) is 0 Å². The van der Waals surface area contributed by atoms with Crippen LogP contribution in [0.25, 0.3) is 0 Å². The van der Waals surface area contributed by atoms with Gasteiger partial charge in [-0.2, -0.15) is 0 Å². The van der Waals surface area contributed by atoms with Crippen molar-refractivity contribution in [3.63, 3.8) is 0 Å². The fourth-order valence-electron chi connectivity index (χ4n) is 1.59. The second-order valence-electron chi connectivity index (χ2n) is 3.69. The number of rotatable bonds is 6. The lowest BCUT2D eigenvalue weighted by Crippen LogP contribution is -2.37. The van der Waals surface area contributed by atoms with Gasteiger partial charge in [-0.1, -0.05) is 13.3 Å². The molecule has 84 valence electrons. The summed E-state index contributed by atoms with van der Waals surface area (Å²) in [6, 6.07) is 1.44. The van der Waals surface area contributed by atoms with Gasteiger partial charge in [-0.05, 0) is 19.5 Å². The summed E-state index contributed by atoms with van der Waals surface area (Å²) < 4.78 is 4.94. The van der Waals surface area contributed by atoms with Gasteiger partial charge in [-0.3, -0.25) is 9.69 Å². The molecule has 0 aliphatic rings. The highest BCUT2D eigenvalue weighted by Crippen LogP contribution is 2.10. The van der Waals surface area contributed by atoms with E-state index in [1.807, 2.05) is 24.9 Å². The molecule has 0 aliphatic heterocycles. The molecular weight excluding hydrogens is 194 g/mol. The first kappa shape index (κ1) is 11.8. The van der Waals surface area contributed by atoms with Crippen molar-refractivity contribution < 1.29 is 14.3 Å². The van der Waals surface area contributed by atoms with Crippen molar-refractivity contribution in [2.24, 2.45) is 0 Å². The number of hydrogen-bond donors (Lipinski definition) is 1. The Morgan fingerprint density at radius 3 is 2.87 bits per heavy atom. The molecule has 0 bridgehead atoms. The van der Waals surface area contributed by atoms with Gasteiger partial charge in [0.2, 0.25) is 0 Å². The summed E-state index contributed by atoms with van der Waals surface area (Å²) in [5.74, 6) is -0.761. The minimum atomic E-state index is -0.761. The zero-order valence-corrected chi connectivity index (χ0v) is 9.14. The molecule has 1 atom stereocenters. The zero-order chi connectivity index (χ0) is 11.3. The van der Waals surface area contributed by atoms with E-state index in [1.165, 1.54) is 0 Å². The SMILES string of the molecule is CCCC(C(=O)O)N(C)Cc1ccoc1. The summed E-state index contributed by atoms with van der Waals surface area (Å²) in [4.78, 5) is 12.8. The average Bonchev–Trinajstić information content (AvgIpc) is 2.65. The van der Waals surface area contributed by atoms with E-state index in [1.54, 1.807) is 12.5 Å². The fourth-order valence-corrected chi connectivity index (χ4v) is 1.59. The summed E-state index contributed by atoms with van der Waals surface area (Å²) >= 11 is 0. The van der Waals surface area contributed by atoms with Crippen molar-refractivity contribution in [2.45, 2.75) is 32.4 Å². The van der Waals surface area contributed by atoms with Crippen LogP contribution in [0.4, 0.5) is 0 Å². The minimum Gasteiger partial charge on any atom is -0.480 e. The van der Waals surface area contributed by atoms with Crippen LogP contribution in [0.2, 0.25) is 0 Å². The van der Waals surface area contributed by atoms with Gasteiger partial charge in [-0.15, -0.1) is 0 Å². The normalized spacial score (nSPS) is 13.0. The number of likely N-dealkylation sites (N-methyl/N-ethyl adjacent to an activating group) is 1. The second kappa shape index (κ2) is 5.56. The van der Waals surface area contributed by atoms with Crippen LogP contribution in [0.5, 0.6) is 0 Å². The summed E-state index contributed by atoms with van der Waals surface area (Å²) in [7, 11) is 1.82. The largest absolute Gasteiger partial charge is 0.480 e. The van der Waals surface area contributed by atoms with E-state index in [2.05, 4.69) is 0 Å². The van der Waals surface area contributed by atoms with Crippen molar-refractivity contribution in [1.29, 1.82) is 0 Å². The van der Waals surface area contributed by atoms with E-state index in [9.17, 15) is 4.79 Å². The molecule has 1 aromatic rings. The van der Waals surface area contributed by atoms with Crippen molar-refractivity contribution in [3.05, 3.63) is 24.2 Å². The zero-order valence-electron chi connectivity index (χ0n) is 9.14. The van der Waals surface area contributed by atoms with E-state index in [0.717, 1.165) is 12.0 Å². The second-order valence-corrected chi connectivity index (χ2v) is 3.69. The smallest absolute Gasteiger partial charge is 0.320 e. The van der Waals surface area contributed by atoms with Gasteiger partial charge in [0.05, 0.1) is 12.5 Å². The summed E-state index contributed by atoms with van der Waals surface area (Å²) in [6.07, 6.45) is 4.77. The Kier molecular flexibility index (Phi) is 4.37. The molecule has 0 aliphatic carbocycles. The molecule has 1 aromatic heterocycles. The van der Waals surface area contributed by atoms with Crippen molar-refractivity contribution in [1.82, 2.24) is 4.90 Å². The molecule has 0 aromatic carbocycles. The molecule has 0 saturated carbocycles. The molecule has 1 unspecified atom stereocenters. The summed E-state index contributed by atoms with van der Waals surface area (Å²) in [5, 5.41) is 9.04. The lowest BCUT2D eigenvalue weighted by atomic mass is 10.1. The lowest BCUT2D eigenvalue weighted by molar-refractivity contribution is -0.143. The maximum absolute atomic E-state index is 11.0. The van der Waals surface area contributed by atoms with Crippen LogP contribution in [0.1, 0.15) is 25.3 Å². The third-order valence-electron chi connectivity index (χ3n) is 2.39. The van der Waals surface area contributed by atoms with Crippen molar-refractivity contribution in [3.8, 4) is 0 Å². The molecular formula is C11H17NO3. The monoisotopic (exact) mass is 211 g/mol. The van der Waals surface area contributed by atoms with Gasteiger partial charge in [0.25, 0.3) is 0 Å². The van der Waals surface area contributed by atoms with E-state index in [0.29, 0.717) is 13.0 Å². The van der Waals surface area contributed by atoms with E-state index >= 15 is 0 Å². The highest BCUT2D eigenvalue weighted by atomic mass is 16.4.